The SMILES string of the molecule is CCCCC/C=C/C/C=C/CCCCCCCCCC(=O)O[C@H](COC(=O)CCCCCCCCCCCCCCCC)COP(=O)(O)OCC[N+](C)(C)C. The average Bonchev–Trinajstić information content (AvgIpc) is 3.13. The lowest BCUT2D eigenvalue weighted by Gasteiger charge is -2.24. The number of carbonyl (C=O) groups excluding carboxylic acids is 2. The van der Waals surface area contributed by atoms with Gasteiger partial charge in [0, 0.05) is 12.8 Å². The maximum Gasteiger partial charge on any atom is 0.472 e. The minimum Gasteiger partial charge on any atom is -0.462 e. The van der Waals surface area contributed by atoms with Crippen LogP contribution < -0.4 is 0 Å². The zero-order valence-electron chi connectivity index (χ0n) is 36.4. The van der Waals surface area contributed by atoms with Crippen LogP contribution in [0.2, 0.25) is 0 Å². The summed E-state index contributed by atoms with van der Waals surface area (Å²) < 4.78 is 34.3. The molecule has 0 aliphatic carbocycles. The van der Waals surface area contributed by atoms with E-state index < -0.39 is 26.5 Å². The van der Waals surface area contributed by atoms with Crippen molar-refractivity contribution < 1.29 is 42.1 Å². The van der Waals surface area contributed by atoms with E-state index in [2.05, 4.69) is 38.2 Å². The fourth-order valence-electron chi connectivity index (χ4n) is 6.16. The number of allylic oxidation sites excluding steroid dienone is 4. The van der Waals surface area contributed by atoms with Crippen LogP contribution in [0.1, 0.15) is 200 Å². The Bertz CT molecular complexity index is 996. The van der Waals surface area contributed by atoms with E-state index in [0.29, 0.717) is 23.9 Å². The molecule has 2 atom stereocenters. The Kier molecular flexibility index (Phi) is 37.0. The number of phosphoric ester groups is 1. The van der Waals surface area contributed by atoms with Gasteiger partial charge in [0.05, 0.1) is 27.7 Å². The van der Waals surface area contributed by atoms with Crippen molar-refractivity contribution in [3.05, 3.63) is 24.3 Å². The molecule has 1 N–H and O–H groups in total. The Morgan fingerprint density at radius 1 is 0.564 bits per heavy atom. The van der Waals surface area contributed by atoms with Crippen molar-refractivity contribution in [2.45, 2.75) is 206 Å². The standard InChI is InChI=1S/C45H86NO8P/c1-6-8-10-12-14-16-18-20-22-23-24-26-28-30-32-34-36-38-45(48)54-43(42-53-55(49,50)52-40-39-46(3,4)5)41-51-44(47)37-35-33-31-29-27-25-21-19-17-15-13-11-9-7-2/h14,16,20,22,43H,6-13,15,17-19,21,23-42H2,1-5H3/p+1/b16-14+,22-20+/t43-/m1/s1. The summed E-state index contributed by atoms with van der Waals surface area (Å²) in [5.74, 6) is -0.800. The fraction of sp³-hybridized carbons (Fsp3) is 0.867. The first-order valence-electron chi connectivity index (χ1n) is 22.6. The number of carbonyl (C=O) groups is 2. The predicted octanol–water partition coefficient (Wildman–Crippen LogP) is 12.7. The third kappa shape index (κ3) is 41.9. The van der Waals surface area contributed by atoms with Crippen molar-refractivity contribution in [2.24, 2.45) is 0 Å². The number of nitrogens with zero attached hydrogens (tertiary/aromatic N) is 1. The molecule has 0 heterocycles. The first-order valence-corrected chi connectivity index (χ1v) is 24.1. The van der Waals surface area contributed by atoms with Gasteiger partial charge in [0.1, 0.15) is 19.8 Å². The van der Waals surface area contributed by atoms with Gasteiger partial charge in [-0.05, 0) is 44.9 Å². The average molecular weight is 801 g/mol. The number of rotatable bonds is 41. The Labute approximate surface area is 339 Å². The molecular weight excluding hydrogens is 713 g/mol. The molecule has 55 heavy (non-hydrogen) atoms. The number of unbranched alkanes of at least 4 members (excludes halogenated alkanes) is 23. The topological polar surface area (TPSA) is 108 Å². The first kappa shape index (κ1) is 53.5. The van der Waals surface area contributed by atoms with Gasteiger partial charge in [0.25, 0.3) is 0 Å². The molecule has 0 saturated heterocycles. The van der Waals surface area contributed by atoms with Crippen molar-refractivity contribution in [1.29, 1.82) is 0 Å². The molecule has 0 rings (SSSR count). The third-order valence-electron chi connectivity index (χ3n) is 9.73. The van der Waals surface area contributed by atoms with E-state index in [1.807, 2.05) is 21.1 Å². The van der Waals surface area contributed by atoms with E-state index in [9.17, 15) is 19.0 Å². The maximum absolute atomic E-state index is 12.7. The lowest BCUT2D eigenvalue weighted by molar-refractivity contribution is -0.870. The summed E-state index contributed by atoms with van der Waals surface area (Å²) in [5, 5.41) is 0. The van der Waals surface area contributed by atoms with E-state index in [1.165, 1.54) is 116 Å². The zero-order chi connectivity index (χ0) is 40.7. The molecule has 1 unspecified atom stereocenters. The minimum absolute atomic E-state index is 0.0318. The van der Waals surface area contributed by atoms with Gasteiger partial charge in [-0.3, -0.25) is 18.6 Å². The highest BCUT2D eigenvalue weighted by molar-refractivity contribution is 7.47. The van der Waals surface area contributed by atoms with Crippen LogP contribution in [0.3, 0.4) is 0 Å². The molecule has 0 radical (unpaired) electrons. The molecule has 0 aliphatic rings. The van der Waals surface area contributed by atoms with Crippen molar-refractivity contribution in [3.63, 3.8) is 0 Å². The smallest absolute Gasteiger partial charge is 0.462 e. The second-order valence-corrected chi connectivity index (χ2v) is 17.9. The van der Waals surface area contributed by atoms with Crippen LogP contribution in [0.4, 0.5) is 0 Å². The second kappa shape index (κ2) is 38.0. The molecule has 0 spiro atoms. The number of ether oxygens (including phenoxy) is 2. The van der Waals surface area contributed by atoms with Crippen LogP contribution in [0, 0.1) is 0 Å². The van der Waals surface area contributed by atoms with Crippen molar-refractivity contribution >= 4 is 19.8 Å². The van der Waals surface area contributed by atoms with E-state index in [4.69, 9.17) is 18.5 Å². The van der Waals surface area contributed by atoms with Crippen molar-refractivity contribution in [1.82, 2.24) is 0 Å². The quantitative estimate of drug-likeness (QED) is 0.0214. The first-order chi connectivity index (χ1) is 26.5. The molecular formula is C45H87NO8P+. The van der Waals surface area contributed by atoms with E-state index in [-0.39, 0.29) is 25.6 Å². The highest BCUT2D eigenvalue weighted by Crippen LogP contribution is 2.43. The molecule has 0 fully saturated rings. The van der Waals surface area contributed by atoms with Crippen LogP contribution in [0.5, 0.6) is 0 Å². The number of hydrogen-bond acceptors (Lipinski definition) is 7. The maximum atomic E-state index is 12.7. The molecule has 0 aliphatic heterocycles. The van der Waals surface area contributed by atoms with Crippen molar-refractivity contribution in [3.8, 4) is 0 Å². The van der Waals surface area contributed by atoms with Gasteiger partial charge in [-0.2, -0.15) is 0 Å². The summed E-state index contributed by atoms with van der Waals surface area (Å²) in [5.41, 5.74) is 0. The number of likely N-dealkylation sites (N-methyl/N-ethyl adjacent to an activating group) is 1. The predicted molar refractivity (Wildman–Crippen MR) is 229 cm³/mol. The summed E-state index contributed by atoms with van der Waals surface area (Å²) in [7, 11) is 1.48. The highest BCUT2D eigenvalue weighted by Gasteiger charge is 2.27. The molecule has 0 aromatic carbocycles. The van der Waals surface area contributed by atoms with E-state index in [0.717, 1.165) is 51.4 Å². The highest BCUT2D eigenvalue weighted by atomic mass is 31.2. The van der Waals surface area contributed by atoms with Gasteiger partial charge in [-0.25, -0.2) is 4.57 Å². The number of quaternary nitrogens is 1. The zero-order valence-corrected chi connectivity index (χ0v) is 37.3. The lowest BCUT2D eigenvalue weighted by atomic mass is 10.0. The van der Waals surface area contributed by atoms with Gasteiger partial charge in [-0.1, -0.05) is 167 Å². The fourth-order valence-corrected chi connectivity index (χ4v) is 6.90. The van der Waals surface area contributed by atoms with Gasteiger partial charge >= 0.3 is 19.8 Å². The normalized spacial score (nSPS) is 13.8. The Morgan fingerprint density at radius 2 is 0.982 bits per heavy atom. The van der Waals surface area contributed by atoms with Gasteiger partial charge in [0.2, 0.25) is 0 Å². The summed E-state index contributed by atoms with van der Waals surface area (Å²) in [6, 6.07) is 0. The van der Waals surface area contributed by atoms with Crippen LogP contribution in [0.15, 0.2) is 24.3 Å². The minimum atomic E-state index is -4.37. The summed E-state index contributed by atoms with van der Waals surface area (Å²) in [4.78, 5) is 35.4. The number of phosphoric acid groups is 1. The van der Waals surface area contributed by atoms with Crippen LogP contribution in [-0.4, -0.2) is 74.9 Å². The monoisotopic (exact) mass is 801 g/mol. The molecule has 0 bridgehead atoms. The van der Waals surface area contributed by atoms with Crippen molar-refractivity contribution in [2.75, 3.05) is 47.5 Å². The van der Waals surface area contributed by atoms with Crippen LogP contribution in [0.25, 0.3) is 0 Å². The third-order valence-corrected chi connectivity index (χ3v) is 10.7. The molecule has 0 amide bonds. The van der Waals surface area contributed by atoms with Gasteiger partial charge in [-0.15, -0.1) is 0 Å². The number of esters is 2. The molecule has 324 valence electrons. The van der Waals surface area contributed by atoms with Gasteiger partial charge in [0.15, 0.2) is 6.10 Å². The number of hydrogen-bond donors (Lipinski definition) is 1. The summed E-state index contributed by atoms with van der Waals surface area (Å²) in [6.07, 6.45) is 40.7. The second-order valence-electron chi connectivity index (χ2n) is 16.4. The molecule has 0 aromatic rings. The van der Waals surface area contributed by atoms with E-state index >= 15 is 0 Å². The largest absolute Gasteiger partial charge is 0.472 e. The Hall–Kier alpha value is -1.51. The molecule has 0 aromatic heterocycles. The van der Waals surface area contributed by atoms with Crippen LogP contribution >= 0.6 is 7.82 Å². The van der Waals surface area contributed by atoms with Crippen LogP contribution in [-0.2, 0) is 32.7 Å². The molecule has 10 heteroatoms. The molecule has 0 saturated carbocycles. The summed E-state index contributed by atoms with van der Waals surface area (Å²) in [6.45, 7) is 4.40. The van der Waals surface area contributed by atoms with Gasteiger partial charge < -0.3 is 18.9 Å². The van der Waals surface area contributed by atoms with E-state index in [1.54, 1.807) is 0 Å². The Morgan fingerprint density at radius 3 is 1.47 bits per heavy atom. The Balaban J connectivity index is 4.34. The summed E-state index contributed by atoms with van der Waals surface area (Å²) >= 11 is 0. The lowest BCUT2D eigenvalue weighted by Crippen LogP contribution is -2.37. The molecule has 9 nitrogen and oxygen atoms in total.